The third-order valence-electron chi connectivity index (χ3n) is 4.51. The lowest BCUT2D eigenvalue weighted by molar-refractivity contribution is -0.383. The molecule has 1 heterocycles. The van der Waals surface area contributed by atoms with Crippen molar-refractivity contribution in [2.45, 2.75) is 33.1 Å². The molecule has 5 nitrogen and oxygen atoms in total. The van der Waals surface area contributed by atoms with Gasteiger partial charge in [-0.1, -0.05) is 13.8 Å². The maximum atomic E-state index is 10.8. The number of benzene rings is 1. The van der Waals surface area contributed by atoms with Gasteiger partial charge in [-0.25, -0.2) is 0 Å². The normalized spacial score (nSPS) is 17.7. The number of rotatable bonds is 4. The molecule has 0 amide bonds. The van der Waals surface area contributed by atoms with Crippen LogP contribution in [-0.2, 0) is 0 Å². The van der Waals surface area contributed by atoms with Crippen molar-refractivity contribution in [3.8, 4) is 0 Å². The number of hydrogen-bond acceptors (Lipinski definition) is 4. The third-order valence-corrected chi connectivity index (χ3v) is 4.51. The highest BCUT2D eigenvalue weighted by Gasteiger charge is 2.35. The predicted octanol–water partition coefficient (Wildman–Crippen LogP) is 3.19. The summed E-state index contributed by atoms with van der Waals surface area (Å²) < 4.78 is 0. The molecule has 2 N–H and O–H groups in total. The highest BCUT2D eigenvalue weighted by atomic mass is 16.6. The van der Waals surface area contributed by atoms with E-state index in [2.05, 4.69) is 18.7 Å². The van der Waals surface area contributed by atoms with Gasteiger partial charge in [0.05, 0.1) is 4.92 Å². The molecule has 0 aliphatic carbocycles. The van der Waals surface area contributed by atoms with Gasteiger partial charge in [-0.05, 0) is 36.8 Å². The Balaban J connectivity index is 2.21. The molecule has 1 aliphatic rings. The average Bonchev–Trinajstić information content (AvgIpc) is 2.83. The summed E-state index contributed by atoms with van der Waals surface area (Å²) in [6, 6.07) is 5.03. The minimum absolute atomic E-state index is 0.0137. The molecular weight excluding hydrogens is 242 g/mol. The maximum absolute atomic E-state index is 10.8. The number of nitro benzene ring substituents is 1. The molecule has 1 aromatic carbocycles. The van der Waals surface area contributed by atoms with Crippen molar-refractivity contribution in [1.29, 1.82) is 0 Å². The van der Waals surface area contributed by atoms with Gasteiger partial charge in [0.15, 0.2) is 0 Å². The number of nitrogens with zero attached hydrogens (tertiary/aromatic N) is 2. The molecule has 2 rings (SSSR count). The van der Waals surface area contributed by atoms with Gasteiger partial charge in [-0.15, -0.1) is 0 Å². The number of nitrogen functional groups attached to an aromatic ring is 1. The van der Waals surface area contributed by atoms with Gasteiger partial charge in [0.1, 0.15) is 5.69 Å². The van der Waals surface area contributed by atoms with E-state index in [1.807, 2.05) is 0 Å². The van der Waals surface area contributed by atoms with Crippen LogP contribution < -0.4 is 10.6 Å². The van der Waals surface area contributed by atoms with E-state index in [9.17, 15) is 10.1 Å². The fourth-order valence-corrected chi connectivity index (χ4v) is 2.89. The smallest absolute Gasteiger partial charge is 0.292 e. The zero-order valence-electron chi connectivity index (χ0n) is 11.6. The van der Waals surface area contributed by atoms with Crippen molar-refractivity contribution in [3.05, 3.63) is 28.3 Å². The molecule has 1 aromatic rings. The molecule has 19 heavy (non-hydrogen) atoms. The lowest BCUT2D eigenvalue weighted by Crippen LogP contribution is -2.26. The molecule has 1 fully saturated rings. The van der Waals surface area contributed by atoms with Crippen molar-refractivity contribution in [3.63, 3.8) is 0 Å². The molecule has 0 spiro atoms. The number of hydrogen-bond donors (Lipinski definition) is 1. The third kappa shape index (κ3) is 2.50. The van der Waals surface area contributed by atoms with E-state index in [1.165, 1.54) is 25.3 Å². The Kier molecular flexibility index (Phi) is 3.64. The van der Waals surface area contributed by atoms with Crippen LogP contribution in [0.5, 0.6) is 0 Å². The Morgan fingerprint density at radius 3 is 2.58 bits per heavy atom. The summed E-state index contributed by atoms with van der Waals surface area (Å²) in [5, 5.41) is 10.8. The quantitative estimate of drug-likeness (QED) is 0.514. The summed E-state index contributed by atoms with van der Waals surface area (Å²) in [5.74, 6) is 0. The molecule has 1 aliphatic heterocycles. The topological polar surface area (TPSA) is 72.4 Å². The Hall–Kier alpha value is -1.78. The second kappa shape index (κ2) is 5.07. The summed E-state index contributed by atoms with van der Waals surface area (Å²) in [5.41, 5.74) is 7.36. The van der Waals surface area contributed by atoms with Gasteiger partial charge >= 0.3 is 0 Å². The van der Waals surface area contributed by atoms with Crippen molar-refractivity contribution in [2.24, 2.45) is 5.41 Å². The van der Waals surface area contributed by atoms with Crippen molar-refractivity contribution in [2.75, 3.05) is 23.7 Å². The van der Waals surface area contributed by atoms with Gasteiger partial charge in [0, 0.05) is 24.8 Å². The molecule has 0 radical (unpaired) electrons. The number of anilines is 2. The van der Waals surface area contributed by atoms with Crippen LogP contribution in [0.4, 0.5) is 17.1 Å². The monoisotopic (exact) mass is 263 g/mol. The van der Waals surface area contributed by atoms with E-state index < -0.39 is 4.92 Å². The standard InChI is InChI=1S/C14H21N3O2/c1-3-14(4-2)7-8-16(10-14)11-5-6-13(17(18)19)12(15)9-11/h5-6,9H,3-4,7-8,10,15H2,1-2H3. The number of nitrogens with two attached hydrogens (primary N) is 1. The van der Waals surface area contributed by atoms with E-state index in [4.69, 9.17) is 5.73 Å². The molecule has 0 aromatic heterocycles. The summed E-state index contributed by atoms with van der Waals surface area (Å²) in [6.07, 6.45) is 3.52. The molecule has 0 saturated carbocycles. The Labute approximate surface area is 113 Å². The molecule has 0 unspecified atom stereocenters. The Bertz CT molecular complexity index is 484. The lowest BCUT2D eigenvalue weighted by atomic mass is 9.82. The average molecular weight is 263 g/mol. The molecule has 1 saturated heterocycles. The van der Waals surface area contributed by atoms with E-state index in [1.54, 1.807) is 12.1 Å². The predicted molar refractivity (Wildman–Crippen MR) is 77.4 cm³/mol. The largest absolute Gasteiger partial charge is 0.393 e. The molecule has 0 atom stereocenters. The van der Waals surface area contributed by atoms with Crippen LogP contribution in [0.15, 0.2) is 18.2 Å². The second-order valence-electron chi connectivity index (χ2n) is 5.38. The van der Waals surface area contributed by atoms with Crippen molar-refractivity contribution < 1.29 is 4.92 Å². The SMILES string of the molecule is CCC1(CC)CCN(c2ccc([N+](=O)[O-])c(N)c2)C1. The summed E-state index contributed by atoms with van der Waals surface area (Å²) in [6.45, 7) is 6.48. The fourth-order valence-electron chi connectivity index (χ4n) is 2.89. The summed E-state index contributed by atoms with van der Waals surface area (Å²) in [7, 11) is 0. The second-order valence-corrected chi connectivity index (χ2v) is 5.38. The Morgan fingerprint density at radius 1 is 1.42 bits per heavy atom. The molecule has 5 heteroatoms. The summed E-state index contributed by atoms with van der Waals surface area (Å²) >= 11 is 0. The lowest BCUT2D eigenvalue weighted by Gasteiger charge is -2.27. The van der Waals surface area contributed by atoms with E-state index in [-0.39, 0.29) is 11.4 Å². The Morgan fingerprint density at radius 2 is 2.11 bits per heavy atom. The molecule has 0 bridgehead atoms. The zero-order chi connectivity index (χ0) is 14.0. The van der Waals surface area contributed by atoms with Gasteiger partial charge in [0.25, 0.3) is 5.69 Å². The zero-order valence-corrected chi connectivity index (χ0v) is 11.6. The van der Waals surface area contributed by atoms with Crippen LogP contribution >= 0.6 is 0 Å². The van der Waals surface area contributed by atoms with Crippen LogP contribution in [0.3, 0.4) is 0 Å². The maximum Gasteiger partial charge on any atom is 0.292 e. The van der Waals surface area contributed by atoms with Crippen LogP contribution in [0, 0.1) is 15.5 Å². The van der Waals surface area contributed by atoms with Crippen LogP contribution in [0.25, 0.3) is 0 Å². The van der Waals surface area contributed by atoms with Crippen LogP contribution in [0.1, 0.15) is 33.1 Å². The number of nitro groups is 1. The molecular formula is C14H21N3O2. The van der Waals surface area contributed by atoms with Crippen LogP contribution in [-0.4, -0.2) is 18.0 Å². The van der Waals surface area contributed by atoms with E-state index >= 15 is 0 Å². The highest BCUT2D eigenvalue weighted by Crippen LogP contribution is 2.40. The first-order valence-electron chi connectivity index (χ1n) is 6.80. The molecule has 104 valence electrons. The van der Waals surface area contributed by atoms with Gasteiger partial charge in [-0.3, -0.25) is 10.1 Å². The summed E-state index contributed by atoms with van der Waals surface area (Å²) in [4.78, 5) is 12.6. The van der Waals surface area contributed by atoms with Crippen LogP contribution in [0.2, 0.25) is 0 Å². The minimum Gasteiger partial charge on any atom is -0.393 e. The van der Waals surface area contributed by atoms with Crippen molar-refractivity contribution in [1.82, 2.24) is 0 Å². The van der Waals surface area contributed by atoms with Crippen molar-refractivity contribution >= 4 is 17.1 Å². The first kappa shape index (κ1) is 13.6. The van der Waals surface area contributed by atoms with Gasteiger partial charge < -0.3 is 10.6 Å². The van der Waals surface area contributed by atoms with E-state index in [0.29, 0.717) is 5.41 Å². The highest BCUT2D eigenvalue weighted by molar-refractivity contribution is 5.67. The first-order valence-corrected chi connectivity index (χ1v) is 6.80. The fraction of sp³-hybridized carbons (Fsp3) is 0.571. The van der Waals surface area contributed by atoms with Gasteiger partial charge in [0.2, 0.25) is 0 Å². The van der Waals surface area contributed by atoms with Gasteiger partial charge in [-0.2, -0.15) is 0 Å². The van der Waals surface area contributed by atoms with E-state index in [0.717, 1.165) is 18.8 Å². The first-order chi connectivity index (χ1) is 9.01. The minimum atomic E-state index is -0.439.